The summed E-state index contributed by atoms with van der Waals surface area (Å²) in [4.78, 5) is 23.8. The van der Waals surface area contributed by atoms with Crippen LogP contribution in [0.25, 0.3) is 0 Å². The standard InChI is InChI=1S/C18H15BrN2O3/c1-12(15-7-2-3-8-16(15)19)21-17(22)11-24-18(23)14-6-4-5-13(9-14)10-20/h2-9,12H,11H2,1H3,(H,21,22)/t12-/m0/s1. The van der Waals surface area contributed by atoms with Crippen molar-refractivity contribution in [2.24, 2.45) is 0 Å². The summed E-state index contributed by atoms with van der Waals surface area (Å²) in [7, 11) is 0. The van der Waals surface area contributed by atoms with Crippen molar-refractivity contribution in [2.75, 3.05) is 6.61 Å². The Morgan fingerprint density at radius 2 is 2.00 bits per heavy atom. The van der Waals surface area contributed by atoms with Crippen LogP contribution in [0.4, 0.5) is 0 Å². The van der Waals surface area contributed by atoms with Crippen LogP contribution in [0.2, 0.25) is 0 Å². The molecular weight excluding hydrogens is 372 g/mol. The van der Waals surface area contributed by atoms with Gasteiger partial charge in [-0.25, -0.2) is 4.79 Å². The van der Waals surface area contributed by atoms with Gasteiger partial charge >= 0.3 is 5.97 Å². The summed E-state index contributed by atoms with van der Waals surface area (Å²) in [6.07, 6.45) is 0. The highest BCUT2D eigenvalue weighted by Gasteiger charge is 2.14. The van der Waals surface area contributed by atoms with E-state index >= 15 is 0 Å². The van der Waals surface area contributed by atoms with Crippen molar-refractivity contribution in [1.29, 1.82) is 5.26 Å². The van der Waals surface area contributed by atoms with Gasteiger partial charge in [-0.05, 0) is 36.8 Å². The second-order valence-corrected chi connectivity index (χ2v) is 5.93. The highest BCUT2D eigenvalue weighted by molar-refractivity contribution is 9.10. The van der Waals surface area contributed by atoms with Crippen LogP contribution < -0.4 is 5.32 Å². The summed E-state index contributed by atoms with van der Waals surface area (Å²) >= 11 is 3.43. The predicted molar refractivity (Wildman–Crippen MR) is 92.1 cm³/mol. The molecular formula is C18H15BrN2O3. The second kappa shape index (κ2) is 8.27. The molecule has 1 N–H and O–H groups in total. The summed E-state index contributed by atoms with van der Waals surface area (Å²) in [6.45, 7) is 1.46. The SMILES string of the molecule is C[C@H](NC(=O)COC(=O)c1cccc(C#N)c1)c1ccccc1Br. The molecule has 0 aromatic heterocycles. The Kier molecular flexibility index (Phi) is 6.10. The first-order valence-corrected chi connectivity index (χ1v) is 8.01. The van der Waals surface area contributed by atoms with Gasteiger partial charge in [-0.2, -0.15) is 5.26 Å². The minimum Gasteiger partial charge on any atom is -0.452 e. The number of rotatable bonds is 5. The number of carbonyl (C=O) groups excluding carboxylic acids is 2. The van der Waals surface area contributed by atoms with Crippen molar-refractivity contribution >= 4 is 27.8 Å². The molecule has 0 aliphatic carbocycles. The number of ether oxygens (including phenoxy) is 1. The lowest BCUT2D eigenvalue weighted by Gasteiger charge is -2.15. The normalized spacial score (nSPS) is 11.2. The van der Waals surface area contributed by atoms with E-state index < -0.39 is 11.9 Å². The van der Waals surface area contributed by atoms with E-state index in [2.05, 4.69) is 21.2 Å². The predicted octanol–water partition coefficient (Wildman–Crippen LogP) is 3.35. The van der Waals surface area contributed by atoms with Gasteiger partial charge in [-0.1, -0.05) is 40.2 Å². The lowest BCUT2D eigenvalue weighted by atomic mass is 10.1. The van der Waals surface area contributed by atoms with Crippen LogP contribution in [-0.2, 0) is 9.53 Å². The number of benzene rings is 2. The fourth-order valence-electron chi connectivity index (χ4n) is 2.12. The van der Waals surface area contributed by atoms with E-state index in [1.165, 1.54) is 12.1 Å². The summed E-state index contributed by atoms with van der Waals surface area (Å²) in [5.74, 6) is -1.04. The van der Waals surface area contributed by atoms with E-state index in [1.54, 1.807) is 12.1 Å². The number of hydrogen-bond donors (Lipinski definition) is 1. The Balaban J connectivity index is 1.90. The highest BCUT2D eigenvalue weighted by atomic mass is 79.9. The lowest BCUT2D eigenvalue weighted by molar-refractivity contribution is -0.124. The second-order valence-electron chi connectivity index (χ2n) is 5.08. The van der Waals surface area contributed by atoms with Crippen LogP contribution >= 0.6 is 15.9 Å². The van der Waals surface area contributed by atoms with Crippen LogP contribution in [0, 0.1) is 11.3 Å². The lowest BCUT2D eigenvalue weighted by Crippen LogP contribution is -2.31. The number of nitrogens with one attached hydrogen (secondary N) is 1. The van der Waals surface area contributed by atoms with Crippen LogP contribution in [0.1, 0.15) is 34.5 Å². The Hall–Kier alpha value is -2.65. The van der Waals surface area contributed by atoms with Gasteiger partial charge in [-0.15, -0.1) is 0 Å². The Morgan fingerprint density at radius 3 is 2.71 bits per heavy atom. The van der Waals surface area contributed by atoms with Gasteiger partial charge in [-0.3, -0.25) is 4.79 Å². The van der Waals surface area contributed by atoms with Crippen molar-refractivity contribution < 1.29 is 14.3 Å². The number of esters is 1. The monoisotopic (exact) mass is 386 g/mol. The molecule has 0 saturated carbocycles. The molecule has 0 spiro atoms. The van der Waals surface area contributed by atoms with Crippen LogP contribution in [0.15, 0.2) is 53.0 Å². The van der Waals surface area contributed by atoms with Gasteiger partial charge < -0.3 is 10.1 Å². The van der Waals surface area contributed by atoms with E-state index in [0.717, 1.165) is 10.0 Å². The zero-order valence-electron chi connectivity index (χ0n) is 13.0. The maximum Gasteiger partial charge on any atom is 0.338 e. The molecule has 1 atom stereocenters. The van der Waals surface area contributed by atoms with Gasteiger partial charge in [0.2, 0.25) is 0 Å². The molecule has 0 saturated heterocycles. The quantitative estimate of drug-likeness (QED) is 0.798. The van der Waals surface area contributed by atoms with Crippen LogP contribution in [-0.4, -0.2) is 18.5 Å². The molecule has 0 bridgehead atoms. The van der Waals surface area contributed by atoms with Crippen LogP contribution in [0.5, 0.6) is 0 Å². The van der Waals surface area contributed by atoms with Gasteiger partial charge in [0.15, 0.2) is 6.61 Å². The van der Waals surface area contributed by atoms with Gasteiger partial charge in [0, 0.05) is 4.47 Å². The molecule has 6 heteroatoms. The van der Waals surface area contributed by atoms with E-state index in [4.69, 9.17) is 10.00 Å². The molecule has 2 aromatic rings. The molecule has 0 fully saturated rings. The average Bonchev–Trinajstić information content (AvgIpc) is 2.60. The van der Waals surface area contributed by atoms with Crippen molar-refractivity contribution in [3.8, 4) is 6.07 Å². The molecule has 0 unspecified atom stereocenters. The van der Waals surface area contributed by atoms with Crippen LogP contribution in [0.3, 0.4) is 0 Å². The molecule has 0 radical (unpaired) electrons. The molecule has 0 aliphatic heterocycles. The maximum absolute atomic E-state index is 11.9. The number of nitrogens with zero attached hydrogens (tertiary/aromatic N) is 1. The number of nitriles is 1. The van der Waals surface area contributed by atoms with Crippen molar-refractivity contribution in [3.05, 3.63) is 69.7 Å². The molecule has 0 aliphatic rings. The van der Waals surface area contributed by atoms with E-state index in [1.807, 2.05) is 37.3 Å². The first-order valence-electron chi connectivity index (χ1n) is 7.22. The molecule has 1 amide bonds. The Bertz CT molecular complexity index is 799. The number of halogens is 1. The van der Waals surface area contributed by atoms with E-state index in [0.29, 0.717) is 5.56 Å². The van der Waals surface area contributed by atoms with Gasteiger partial charge in [0.1, 0.15) is 0 Å². The van der Waals surface area contributed by atoms with E-state index in [-0.39, 0.29) is 18.2 Å². The first kappa shape index (κ1) is 17.7. The number of carbonyl (C=O) groups is 2. The first-order chi connectivity index (χ1) is 11.5. The summed E-state index contributed by atoms with van der Waals surface area (Å²) in [5.41, 5.74) is 1.52. The molecule has 5 nitrogen and oxygen atoms in total. The smallest absolute Gasteiger partial charge is 0.338 e. The minimum absolute atomic E-state index is 0.228. The van der Waals surface area contributed by atoms with Gasteiger partial charge in [0.05, 0.1) is 23.2 Å². The van der Waals surface area contributed by atoms with E-state index in [9.17, 15) is 9.59 Å². The molecule has 2 rings (SSSR count). The molecule has 24 heavy (non-hydrogen) atoms. The topological polar surface area (TPSA) is 79.2 Å². The fraction of sp³-hybridized carbons (Fsp3) is 0.167. The Morgan fingerprint density at radius 1 is 1.25 bits per heavy atom. The van der Waals surface area contributed by atoms with Crippen molar-refractivity contribution in [2.45, 2.75) is 13.0 Å². The highest BCUT2D eigenvalue weighted by Crippen LogP contribution is 2.22. The third-order valence-corrected chi connectivity index (χ3v) is 4.03. The summed E-state index contributed by atoms with van der Waals surface area (Å²) in [6, 6.07) is 15.4. The summed E-state index contributed by atoms with van der Waals surface area (Å²) < 4.78 is 5.88. The largest absolute Gasteiger partial charge is 0.452 e. The molecule has 2 aromatic carbocycles. The third kappa shape index (κ3) is 4.67. The summed E-state index contributed by atoms with van der Waals surface area (Å²) in [5, 5.41) is 11.6. The fourth-order valence-corrected chi connectivity index (χ4v) is 2.75. The molecule has 122 valence electrons. The van der Waals surface area contributed by atoms with Gasteiger partial charge in [0.25, 0.3) is 5.91 Å². The maximum atomic E-state index is 11.9. The van der Waals surface area contributed by atoms with Crippen molar-refractivity contribution in [3.63, 3.8) is 0 Å². The zero-order chi connectivity index (χ0) is 17.5. The average molecular weight is 387 g/mol. The minimum atomic E-state index is -0.643. The third-order valence-electron chi connectivity index (χ3n) is 3.31. The zero-order valence-corrected chi connectivity index (χ0v) is 14.5. The Labute approximate surface area is 148 Å². The number of hydrogen-bond acceptors (Lipinski definition) is 4. The molecule has 0 heterocycles. The number of amides is 1. The van der Waals surface area contributed by atoms with Crippen molar-refractivity contribution in [1.82, 2.24) is 5.32 Å².